The van der Waals surface area contributed by atoms with Crippen LogP contribution in [0.2, 0.25) is 0 Å². The minimum Gasteiger partial charge on any atom is -0.497 e. The molecule has 0 aromatic heterocycles. The molecule has 1 aliphatic heterocycles. The number of amides is 2. The number of amidine groups is 1. The van der Waals surface area contributed by atoms with Crippen molar-refractivity contribution in [1.82, 2.24) is 26.0 Å². The van der Waals surface area contributed by atoms with Crippen LogP contribution in [0.25, 0.3) is 0 Å². The number of piperazine rings is 1. The van der Waals surface area contributed by atoms with Crippen molar-refractivity contribution in [2.24, 2.45) is 15.9 Å². The van der Waals surface area contributed by atoms with E-state index in [1.54, 1.807) is 42.4 Å². The van der Waals surface area contributed by atoms with Crippen LogP contribution in [0, 0.1) is 23.4 Å². The maximum Gasteiger partial charge on any atom is 0.410 e. The summed E-state index contributed by atoms with van der Waals surface area (Å²) in [6.07, 6.45) is 4.33. The summed E-state index contributed by atoms with van der Waals surface area (Å²) < 4.78 is 60.2. The second kappa shape index (κ2) is 18.2. The predicted molar refractivity (Wildman–Crippen MR) is 189 cm³/mol. The minimum atomic E-state index is -1.55. The van der Waals surface area contributed by atoms with E-state index in [2.05, 4.69) is 26.1 Å². The first-order valence-corrected chi connectivity index (χ1v) is 17.2. The third kappa shape index (κ3) is 11.6. The minimum absolute atomic E-state index is 0.124. The van der Waals surface area contributed by atoms with E-state index in [0.29, 0.717) is 43.6 Å². The number of rotatable bonds is 12. The summed E-state index contributed by atoms with van der Waals surface area (Å²) in [6.45, 7) is 9.76. The van der Waals surface area contributed by atoms with Crippen LogP contribution in [0.5, 0.6) is 11.5 Å². The summed E-state index contributed by atoms with van der Waals surface area (Å²) in [4.78, 5) is 37.9. The number of halogens is 3. The Morgan fingerprint density at radius 1 is 1.00 bits per heavy atom. The SMILES string of the molecule is C/N=C\C(=N/C(C)NN[C@H]1CC[C@H](CNC(=O)c2cc(F)c(OCc3ccc(OC)cc3)c(F)c2F)CC1)N1CCN(C(=O)OC(C)(C)C)CC1. The summed E-state index contributed by atoms with van der Waals surface area (Å²) in [5.74, 6) is -4.51. The van der Waals surface area contributed by atoms with Gasteiger partial charge in [-0.15, -0.1) is 0 Å². The van der Waals surface area contributed by atoms with Gasteiger partial charge in [-0.3, -0.25) is 15.2 Å². The number of hydrazine groups is 1. The number of benzene rings is 2. The van der Waals surface area contributed by atoms with Gasteiger partial charge in [0, 0.05) is 45.8 Å². The lowest BCUT2D eigenvalue weighted by atomic mass is 9.86. The molecule has 2 aromatic carbocycles. The van der Waals surface area contributed by atoms with Crippen LogP contribution >= 0.6 is 0 Å². The second-order valence-corrected chi connectivity index (χ2v) is 13.7. The fraction of sp³-hybridized carbons (Fsp3) is 0.556. The highest BCUT2D eigenvalue weighted by Gasteiger charge is 2.28. The molecule has 51 heavy (non-hydrogen) atoms. The molecule has 3 N–H and O–H groups in total. The Labute approximate surface area is 297 Å². The number of nitrogens with zero attached hydrogens (tertiary/aromatic N) is 4. The number of ether oxygens (including phenoxy) is 3. The molecule has 0 spiro atoms. The van der Waals surface area contributed by atoms with E-state index in [9.17, 15) is 22.8 Å². The molecule has 0 bridgehead atoms. The van der Waals surface area contributed by atoms with Crippen molar-refractivity contribution in [3.8, 4) is 11.5 Å². The van der Waals surface area contributed by atoms with Crippen LogP contribution < -0.4 is 25.6 Å². The average molecular weight is 718 g/mol. The zero-order valence-electron chi connectivity index (χ0n) is 30.2. The highest BCUT2D eigenvalue weighted by atomic mass is 19.2. The Hall–Kier alpha value is -4.37. The van der Waals surface area contributed by atoms with Gasteiger partial charge in [-0.25, -0.2) is 24.0 Å². The molecule has 2 fully saturated rings. The van der Waals surface area contributed by atoms with Crippen molar-refractivity contribution in [2.75, 3.05) is 46.9 Å². The molecule has 2 aromatic rings. The molecule has 280 valence electrons. The first-order valence-electron chi connectivity index (χ1n) is 17.2. The molecular weight excluding hydrogens is 667 g/mol. The van der Waals surface area contributed by atoms with Gasteiger partial charge in [-0.05, 0) is 83.1 Å². The number of carbonyl (C=O) groups excluding carboxylic acids is 2. The third-order valence-electron chi connectivity index (χ3n) is 8.62. The normalized spacial score (nSPS) is 19.2. The highest BCUT2D eigenvalue weighted by molar-refractivity contribution is 6.29. The molecule has 1 heterocycles. The Balaban J connectivity index is 1.20. The fourth-order valence-electron chi connectivity index (χ4n) is 5.82. The lowest BCUT2D eigenvalue weighted by Crippen LogP contribution is -2.52. The Morgan fingerprint density at radius 3 is 2.25 bits per heavy atom. The molecule has 4 rings (SSSR count). The number of aliphatic imine (C=N–C) groups is 2. The van der Waals surface area contributed by atoms with Gasteiger partial charge in [0.05, 0.1) is 18.9 Å². The van der Waals surface area contributed by atoms with E-state index in [1.165, 1.54) is 7.11 Å². The fourth-order valence-corrected chi connectivity index (χ4v) is 5.82. The maximum atomic E-state index is 14.9. The summed E-state index contributed by atoms with van der Waals surface area (Å²) in [7, 11) is 3.20. The smallest absolute Gasteiger partial charge is 0.410 e. The Bertz CT molecular complexity index is 1540. The van der Waals surface area contributed by atoms with Crippen molar-refractivity contribution in [3.63, 3.8) is 0 Å². The Kier molecular flexibility index (Phi) is 14.1. The molecule has 2 aliphatic rings. The summed E-state index contributed by atoms with van der Waals surface area (Å²) in [5, 5.41) is 2.64. The zero-order chi connectivity index (χ0) is 37.1. The molecule has 1 unspecified atom stereocenters. The average Bonchev–Trinajstić information content (AvgIpc) is 3.11. The first kappa shape index (κ1) is 39.4. The summed E-state index contributed by atoms with van der Waals surface area (Å²) >= 11 is 0. The molecule has 15 heteroatoms. The van der Waals surface area contributed by atoms with Gasteiger partial charge in [0.1, 0.15) is 30.0 Å². The molecule has 2 amide bonds. The molecule has 1 aliphatic carbocycles. The quantitative estimate of drug-likeness (QED) is 0.120. The number of carbonyl (C=O) groups is 2. The number of nitrogens with one attached hydrogen (secondary N) is 3. The van der Waals surface area contributed by atoms with Crippen LogP contribution in [0.4, 0.5) is 18.0 Å². The topological polar surface area (TPSA) is 129 Å². The summed E-state index contributed by atoms with van der Waals surface area (Å²) in [6, 6.07) is 7.47. The molecule has 1 saturated heterocycles. The standard InChI is InChI=1S/C36H50F3N7O5/c1-23(42-30(21-40-5)45-15-17-46(18-16-45)35(48)51-36(2,3)4)43-44-26-11-7-24(8-12-26)20-41-34(47)28-19-29(37)33(32(39)31(28)38)50-22-25-9-13-27(49-6)14-10-25/h9-10,13-14,19,21,23-24,26,43-44H,7-8,11-12,15-18,20,22H2,1-6H3,(H,41,47)/b40-21-,42-30+/t23?,24-,26-. The van der Waals surface area contributed by atoms with E-state index in [1.807, 2.05) is 27.7 Å². The summed E-state index contributed by atoms with van der Waals surface area (Å²) in [5.41, 5.74) is 5.94. The largest absolute Gasteiger partial charge is 0.497 e. The first-order chi connectivity index (χ1) is 24.3. The van der Waals surface area contributed by atoms with Crippen LogP contribution in [-0.4, -0.2) is 98.5 Å². The van der Waals surface area contributed by atoms with E-state index >= 15 is 0 Å². The third-order valence-corrected chi connectivity index (χ3v) is 8.62. The van der Waals surface area contributed by atoms with Crippen LogP contribution in [0.1, 0.15) is 69.3 Å². The molecule has 12 nitrogen and oxygen atoms in total. The van der Waals surface area contributed by atoms with Crippen molar-refractivity contribution < 1.29 is 37.0 Å². The van der Waals surface area contributed by atoms with E-state index in [-0.39, 0.29) is 37.4 Å². The van der Waals surface area contributed by atoms with E-state index in [0.717, 1.165) is 31.5 Å². The van der Waals surface area contributed by atoms with Gasteiger partial charge < -0.3 is 29.3 Å². The molecule has 1 saturated carbocycles. The molecular formula is C36H50F3N7O5. The number of methoxy groups -OCH3 is 1. The highest BCUT2D eigenvalue weighted by Crippen LogP contribution is 2.29. The Morgan fingerprint density at radius 2 is 1.65 bits per heavy atom. The number of hydrogen-bond acceptors (Lipinski definition) is 9. The monoisotopic (exact) mass is 717 g/mol. The van der Waals surface area contributed by atoms with Crippen molar-refractivity contribution >= 4 is 24.1 Å². The van der Waals surface area contributed by atoms with Crippen molar-refractivity contribution in [1.29, 1.82) is 0 Å². The van der Waals surface area contributed by atoms with Crippen molar-refractivity contribution in [3.05, 3.63) is 58.9 Å². The van der Waals surface area contributed by atoms with Crippen LogP contribution in [0.15, 0.2) is 40.3 Å². The predicted octanol–water partition coefficient (Wildman–Crippen LogP) is 5.07. The zero-order valence-corrected chi connectivity index (χ0v) is 30.2. The number of hydrogen-bond donors (Lipinski definition) is 3. The van der Waals surface area contributed by atoms with Gasteiger partial charge in [0.15, 0.2) is 17.4 Å². The van der Waals surface area contributed by atoms with Gasteiger partial charge in [-0.1, -0.05) is 12.1 Å². The van der Waals surface area contributed by atoms with Crippen LogP contribution in [0.3, 0.4) is 0 Å². The molecule has 1 atom stereocenters. The van der Waals surface area contributed by atoms with E-state index in [4.69, 9.17) is 19.2 Å². The van der Waals surface area contributed by atoms with Gasteiger partial charge in [0.25, 0.3) is 5.91 Å². The molecule has 0 radical (unpaired) electrons. The maximum absolute atomic E-state index is 14.9. The second-order valence-electron chi connectivity index (χ2n) is 13.7. The van der Waals surface area contributed by atoms with Gasteiger partial charge >= 0.3 is 6.09 Å². The van der Waals surface area contributed by atoms with Crippen molar-refractivity contribution in [2.45, 2.75) is 77.8 Å². The van der Waals surface area contributed by atoms with Gasteiger partial charge in [-0.2, -0.15) is 4.39 Å². The van der Waals surface area contributed by atoms with Gasteiger partial charge in [0.2, 0.25) is 5.82 Å². The lowest BCUT2D eigenvalue weighted by Gasteiger charge is -2.36. The van der Waals surface area contributed by atoms with Crippen LogP contribution in [-0.2, 0) is 11.3 Å². The van der Waals surface area contributed by atoms with E-state index < -0.39 is 40.3 Å². The lowest BCUT2D eigenvalue weighted by molar-refractivity contribution is 0.0187.